The highest BCUT2D eigenvalue weighted by Crippen LogP contribution is 2.22. The van der Waals surface area contributed by atoms with Gasteiger partial charge in [0.1, 0.15) is 6.42 Å². The van der Waals surface area contributed by atoms with E-state index >= 15 is 0 Å². The predicted molar refractivity (Wildman–Crippen MR) is 65.6 cm³/mol. The first-order valence-corrected chi connectivity index (χ1v) is 6.42. The van der Waals surface area contributed by atoms with Crippen LogP contribution in [0.15, 0.2) is 0 Å². The molecule has 1 heterocycles. The first-order chi connectivity index (χ1) is 8.02. The maximum Gasteiger partial charge on any atom is 0.313 e. The molecule has 0 bridgehead atoms. The van der Waals surface area contributed by atoms with Crippen LogP contribution >= 0.6 is 0 Å². The van der Waals surface area contributed by atoms with Crippen LogP contribution < -0.4 is 0 Å². The quantitative estimate of drug-likeness (QED) is 0.540. The molecule has 0 aliphatic carbocycles. The molecule has 1 aliphatic rings. The molecule has 0 saturated carbocycles. The molecule has 1 saturated heterocycles. The van der Waals surface area contributed by atoms with E-state index in [1.54, 1.807) is 6.92 Å². The molecule has 0 aromatic rings. The van der Waals surface area contributed by atoms with Gasteiger partial charge in [-0.1, -0.05) is 13.8 Å². The van der Waals surface area contributed by atoms with Gasteiger partial charge in [0.25, 0.3) is 0 Å². The Morgan fingerprint density at radius 2 is 2.00 bits per heavy atom. The summed E-state index contributed by atoms with van der Waals surface area (Å²) in [4.78, 5) is 24.9. The molecular formula is C13H23NO3. The van der Waals surface area contributed by atoms with E-state index in [2.05, 4.69) is 18.7 Å². The number of hydrogen-bond acceptors (Lipinski definition) is 4. The second-order valence-corrected chi connectivity index (χ2v) is 5.00. The number of esters is 1. The molecular weight excluding hydrogens is 218 g/mol. The van der Waals surface area contributed by atoms with Crippen LogP contribution in [-0.2, 0) is 14.3 Å². The Hall–Kier alpha value is -0.900. The molecule has 0 aromatic heterocycles. The second kappa shape index (κ2) is 6.74. The molecule has 1 rings (SSSR count). The lowest BCUT2D eigenvalue weighted by Crippen LogP contribution is -2.41. The number of likely N-dealkylation sites (tertiary alicyclic amines) is 1. The van der Waals surface area contributed by atoms with Crippen LogP contribution in [0.25, 0.3) is 0 Å². The third kappa shape index (κ3) is 4.86. The number of nitrogens with zero attached hydrogens (tertiary/aromatic N) is 1. The molecule has 0 amide bonds. The minimum Gasteiger partial charge on any atom is -0.466 e. The SMILES string of the molecule is CCOC(=O)CC(=O)CN1CCC(C)C(C)C1. The molecule has 4 nitrogen and oxygen atoms in total. The molecule has 98 valence electrons. The summed E-state index contributed by atoms with van der Waals surface area (Å²) in [5.74, 6) is 0.909. The van der Waals surface area contributed by atoms with Crippen molar-refractivity contribution in [3.05, 3.63) is 0 Å². The van der Waals surface area contributed by atoms with E-state index in [0.717, 1.165) is 25.4 Å². The lowest BCUT2D eigenvalue weighted by atomic mass is 9.88. The van der Waals surface area contributed by atoms with Crippen molar-refractivity contribution in [3.8, 4) is 0 Å². The predicted octanol–water partition coefficient (Wildman–Crippen LogP) is 1.49. The molecule has 0 N–H and O–H groups in total. The first kappa shape index (κ1) is 14.2. The molecule has 0 spiro atoms. The highest BCUT2D eigenvalue weighted by molar-refractivity contribution is 5.96. The smallest absolute Gasteiger partial charge is 0.313 e. The number of hydrogen-bond donors (Lipinski definition) is 0. The Balaban J connectivity index is 2.29. The van der Waals surface area contributed by atoms with E-state index in [9.17, 15) is 9.59 Å². The van der Waals surface area contributed by atoms with Gasteiger partial charge in [-0.15, -0.1) is 0 Å². The van der Waals surface area contributed by atoms with Gasteiger partial charge in [-0.25, -0.2) is 0 Å². The number of Topliss-reactive ketones (excluding diaryl/α,β-unsaturated/α-hetero) is 1. The number of carbonyl (C=O) groups excluding carboxylic acids is 2. The number of ketones is 1. The minimum absolute atomic E-state index is 0.0368. The van der Waals surface area contributed by atoms with E-state index in [1.165, 1.54) is 0 Å². The zero-order chi connectivity index (χ0) is 12.8. The monoisotopic (exact) mass is 241 g/mol. The molecule has 0 radical (unpaired) electrons. The van der Waals surface area contributed by atoms with Crippen LogP contribution in [-0.4, -0.2) is 42.9 Å². The second-order valence-electron chi connectivity index (χ2n) is 5.00. The Morgan fingerprint density at radius 3 is 2.59 bits per heavy atom. The standard InChI is InChI=1S/C13H23NO3/c1-4-17-13(16)7-12(15)9-14-6-5-10(2)11(3)8-14/h10-11H,4-9H2,1-3H3. The summed E-state index contributed by atoms with van der Waals surface area (Å²) >= 11 is 0. The molecule has 2 unspecified atom stereocenters. The van der Waals surface area contributed by atoms with Crippen molar-refractivity contribution in [2.45, 2.75) is 33.6 Å². The van der Waals surface area contributed by atoms with Crippen molar-refractivity contribution in [3.63, 3.8) is 0 Å². The third-order valence-corrected chi connectivity index (χ3v) is 3.47. The Kier molecular flexibility index (Phi) is 5.62. The lowest BCUT2D eigenvalue weighted by Gasteiger charge is -2.34. The van der Waals surface area contributed by atoms with Crippen molar-refractivity contribution < 1.29 is 14.3 Å². The van der Waals surface area contributed by atoms with E-state index in [4.69, 9.17) is 4.74 Å². The van der Waals surface area contributed by atoms with Gasteiger partial charge < -0.3 is 4.74 Å². The summed E-state index contributed by atoms with van der Waals surface area (Å²) < 4.78 is 4.76. The molecule has 17 heavy (non-hydrogen) atoms. The van der Waals surface area contributed by atoms with Gasteiger partial charge in [0.05, 0.1) is 13.2 Å². The molecule has 1 fully saturated rings. The van der Waals surface area contributed by atoms with Crippen LogP contribution in [0, 0.1) is 11.8 Å². The van der Waals surface area contributed by atoms with Crippen LogP contribution in [0.1, 0.15) is 33.6 Å². The maximum absolute atomic E-state index is 11.6. The summed E-state index contributed by atoms with van der Waals surface area (Å²) in [6.45, 7) is 8.85. The minimum atomic E-state index is -0.407. The van der Waals surface area contributed by atoms with E-state index in [0.29, 0.717) is 19.1 Å². The van der Waals surface area contributed by atoms with Crippen molar-refractivity contribution in [2.24, 2.45) is 11.8 Å². The third-order valence-electron chi connectivity index (χ3n) is 3.47. The van der Waals surface area contributed by atoms with Crippen molar-refractivity contribution in [2.75, 3.05) is 26.2 Å². The fourth-order valence-electron chi connectivity index (χ4n) is 2.17. The van der Waals surface area contributed by atoms with Crippen LogP contribution in [0.5, 0.6) is 0 Å². The zero-order valence-corrected chi connectivity index (χ0v) is 11.1. The van der Waals surface area contributed by atoms with Crippen molar-refractivity contribution in [1.29, 1.82) is 0 Å². The molecule has 0 aromatic carbocycles. The normalized spacial score (nSPS) is 25.6. The van der Waals surface area contributed by atoms with E-state index in [-0.39, 0.29) is 12.2 Å². The van der Waals surface area contributed by atoms with Crippen LogP contribution in [0.3, 0.4) is 0 Å². The van der Waals surface area contributed by atoms with Gasteiger partial charge in [0, 0.05) is 6.54 Å². The summed E-state index contributed by atoms with van der Waals surface area (Å²) in [5, 5.41) is 0. The maximum atomic E-state index is 11.6. The van der Waals surface area contributed by atoms with Gasteiger partial charge in [-0.05, 0) is 31.7 Å². The van der Waals surface area contributed by atoms with Gasteiger partial charge >= 0.3 is 5.97 Å². The Labute approximate surface area is 103 Å². The first-order valence-electron chi connectivity index (χ1n) is 6.42. The summed E-state index contributed by atoms with van der Waals surface area (Å²) in [5.41, 5.74) is 0. The van der Waals surface area contributed by atoms with Gasteiger partial charge in [-0.2, -0.15) is 0 Å². The molecule has 1 aliphatic heterocycles. The average Bonchev–Trinajstić information content (AvgIpc) is 2.23. The zero-order valence-electron chi connectivity index (χ0n) is 11.1. The van der Waals surface area contributed by atoms with Crippen molar-refractivity contribution in [1.82, 2.24) is 4.90 Å². The average molecular weight is 241 g/mol. The topological polar surface area (TPSA) is 46.6 Å². The fraction of sp³-hybridized carbons (Fsp3) is 0.846. The Bertz CT molecular complexity index is 278. The summed E-state index contributed by atoms with van der Waals surface area (Å²) in [6.07, 6.45) is 1.04. The summed E-state index contributed by atoms with van der Waals surface area (Å²) in [6, 6.07) is 0. The van der Waals surface area contributed by atoms with Crippen molar-refractivity contribution >= 4 is 11.8 Å². The lowest BCUT2D eigenvalue weighted by molar-refractivity contribution is -0.145. The number of carbonyl (C=O) groups is 2. The van der Waals surface area contributed by atoms with Crippen LogP contribution in [0.4, 0.5) is 0 Å². The number of rotatable bonds is 5. The van der Waals surface area contributed by atoms with Crippen LogP contribution in [0.2, 0.25) is 0 Å². The van der Waals surface area contributed by atoms with Gasteiger partial charge in [0.15, 0.2) is 5.78 Å². The number of ether oxygens (including phenoxy) is 1. The number of piperidine rings is 1. The largest absolute Gasteiger partial charge is 0.466 e. The molecule has 4 heteroatoms. The fourth-order valence-corrected chi connectivity index (χ4v) is 2.17. The Morgan fingerprint density at radius 1 is 1.29 bits per heavy atom. The van der Waals surface area contributed by atoms with E-state index < -0.39 is 5.97 Å². The van der Waals surface area contributed by atoms with E-state index in [1.807, 2.05) is 0 Å². The van der Waals surface area contributed by atoms with Gasteiger partial charge in [0.2, 0.25) is 0 Å². The highest BCUT2D eigenvalue weighted by Gasteiger charge is 2.24. The summed E-state index contributed by atoms with van der Waals surface area (Å²) in [7, 11) is 0. The molecule has 2 atom stereocenters. The van der Waals surface area contributed by atoms with Gasteiger partial charge in [-0.3, -0.25) is 14.5 Å². The highest BCUT2D eigenvalue weighted by atomic mass is 16.5.